The summed E-state index contributed by atoms with van der Waals surface area (Å²) in [6.45, 7) is 8.32. The maximum Gasteiger partial charge on any atom is 0.222 e. The number of hydrogen-bond donors (Lipinski definition) is 1. The SMILES string of the molecule is CC(N)CCCC(=O)N1CC(C)C(C)C1. The molecule has 0 aromatic rings. The van der Waals surface area contributed by atoms with Gasteiger partial charge in [0, 0.05) is 25.6 Å². The van der Waals surface area contributed by atoms with Gasteiger partial charge in [-0.1, -0.05) is 13.8 Å². The number of carbonyl (C=O) groups excluding carboxylic acids is 1. The zero-order chi connectivity index (χ0) is 11.4. The zero-order valence-corrected chi connectivity index (χ0v) is 10.2. The summed E-state index contributed by atoms with van der Waals surface area (Å²) in [6, 6.07) is 0.217. The molecule has 0 aliphatic carbocycles. The van der Waals surface area contributed by atoms with Crippen LogP contribution in [-0.2, 0) is 4.79 Å². The van der Waals surface area contributed by atoms with Gasteiger partial charge in [0.1, 0.15) is 0 Å². The maximum absolute atomic E-state index is 11.8. The van der Waals surface area contributed by atoms with Gasteiger partial charge in [0.05, 0.1) is 0 Å². The number of nitrogens with two attached hydrogens (primary N) is 1. The number of hydrogen-bond acceptors (Lipinski definition) is 2. The molecular formula is C12H24N2O. The van der Waals surface area contributed by atoms with Gasteiger partial charge in [-0.2, -0.15) is 0 Å². The summed E-state index contributed by atoms with van der Waals surface area (Å²) in [5.41, 5.74) is 5.65. The van der Waals surface area contributed by atoms with Gasteiger partial charge < -0.3 is 10.6 Å². The summed E-state index contributed by atoms with van der Waals surface area (Å²) in [5.74, 6) is 1.62. The summed E-state index contributed by atoms with van der Waals surface area (Å²) >= 11 is 0. The Labute approximate surface area is 93.0 Å². The van der Waals surface area contributed by atoms with Crippen LogP contribution in [0.5, 0.6) is 0 Å². The predicted octanol–water partition coefficient (Wildman–Crippen LogP) is 1.62. The highest BCUT2D eigenvalue weighted by atomic mass is 16.2. The van der Waals surface area contributed by atoms with Crippen molar-refractivity contribution >= 4 is 5.91 Å². The van der Waals surface area contributed by atoms with Crippen molar-refractivity contribution in [2.75, 3.05) is 13.1 Å². The molecule has 0 saturated carbocycles. The third-order valence-corrected chi connectivity index (χ3v) is 3.39. The molecule has 3 nitrogen and oxygen atoms in total. The third-order valence-electron chi connectivity index (χ3n) is 3.39. The van der Waals surface area contributed by atoms with E-state index < -0.39 is 0 Å². The molecule has 1 fully saturated rings. The highest BCUT2D eigenvalue weighted by molar-refractivity contribution is 5.76. The van der Waals surface area contributed by atoms with E-state index in [4.69, 9.17) is 5.73 Å². The van der Waals surface area contributed by atoms with E-state index >= 15 is 0 Å². The molecule has 3 atom stereocenters. The van der Waals surface area contributed by atoms with Crippen LogP contribution in [0, 0.1) is 11.8 Å². The van der Waals surface area contributed by atoms with Crippen molar-refractivity contribution in [1.29, 1.82) is 0 Å². The molecule has 3 heteroatoms. The minimum Gasteiger partial charge on any atom is -0.342 e. The normalized spacial score (nSPS) is 28.1. The molecular weight excluding hydrogens is 188 g/mol. The van der Waals surface area contributed by atoms with Gasteiger partial charge in [-0.3, -0.25) is 4.79 Å². The van der Waals surface area contributed by atoms with E-state index in [0.717, 1.165) is 25.9 Å². The molecule has 0 aromatic carbocycles. The first-order valence-corrected chi connectivity index (χ1v) is 6.04. The van der Waals surface area contributed by atoms with Crippen molar-refractivity contribution in [2.45, 2.75) is 46.1 Å². The lowest BCUT2D eigenvalue weighted by Gasteiger charge is -2.16. The second-order valence-electron chi connectivity index (χ2n) is 5.12. The molecule has 0 radical (unpaired) electrons. The summed E-state index contributed by atoms with van der Waals surface area (Å²) in [6.07, 6.45) is 2.54. The van der Waals surface area contributed by atoms with E-state index in [1.165, 1.54) is 0 Å². The van der Waals surface area contributed by atoms with Crippen molar-refractivity contribution in [3.63, 3.8) is 0 Å². The van der Waals surface area contributed by atoms with E-state index in [-0.39, 0.29) is 6.04 Å². The Balaban J connectivity index is 2.23. The molecule has 1 rings (SSSR count). The van der Waals surface area contributed by atoms with E-state index in [1.54, 1.807) is 0 Å². The van der Waals surface area contributed by atoms with Crippen LogP contribution in [0.1, 0.15) is 40.0 Å². The maximum atomic E-state index is 11.8. The molecule has 1 aliphatic heterocycles. The molecule has 1 amide bonds. The first-order valence-electron chi connectivity index (χ1n) is 6.04. The van der Waals surface area contributed by atoms with Gasteiger partial charge >= 0.3 is 0 Å². The quantitative estimate of drug-likeness (QED) is 0.769. The van der Waals surface area contributed by atoms with Gasteiger partial charge in [0.2, 0.25) is 5.91 Å². The number of rotatable bonds is 4. The highest BCUT2D eigenvalue weighted by Crippen LogP contribution is 2.22. The van der Waals surface area contributed by atoms with Crippen molar-refractivity contribution in [3.8, 4) is 0 Å². The Bertz CT molecular complexity index is 206. The van der Waals surface area contributed by atoms with Crippen LogP contribution in [0.3, 0.4) is 0 Å². The third kappa shape index (κ3) is 3.82. The number of carbonyl (C=O) groups is 1. The van der Waals surface area contributed by atoms with Crippen LogP contribution in [0.2, 0.25) is 0 Å². The molecule has 88 valence electrons. The number of likely N-dealkylation sites (tertiary alicyclic amines) is 1. The van der Waals surface area contributed by atoms with Gasteiger partial charge in [0.15, 0.2) is 0 Å². The number of nitrogens with zero attached hydrogens (tertiary/aromatic N) is 1. The first-order chi connectivity index (χ1) is 7.00. The lowest BCUT2D eigenvalue weighted by molar-refractivity contribution is -0.130. The van der Waals surface area contributed by atoms with Crippen LogP contribution >= 0.6 is 0 Å². The second kappa shape index (κ2) is 5.50. The fourth-order valence-electron chi connectivity index (χ4n) is 2.07. The molecule has 15 heavy (non-hydrogen) atoms. The topological polar surface area (TPSA) is 46.3 Å². The monoisotopic (exact) mass is 212 g/mol. The molecule has 0 aromatic heterocycles. The average molecular weight is 212 g/mol. The Kier molecular flexibility index (Phi) is 4.58. The molecule has 1 aliphatic rings. The number of amides is 1. The predicted molar refractivity (Wildman–Crippen MR) is 62.4 cm³/mol. The minimum absolute atomic E-state index is 0.217. The van der Waals surface area contributed by atoms with E-state index in [2.05, 4.69) is 13.8 Å². The van der Waals surface area contributed by atoms with Crippen LogP contribution in [0.15, 0.2) is 0 Å². The van der Waals surface area contributed by atoms with Crippen molar-refractivity contribution in [3.05, 3.63) is 0 Å². The van der Waals surface area contributed by atoms with Gasteiger partial charge in [-0.05, 0) is 31.6 Å². The van der Waals surface area contributed by atoms with E-state index in [0.29, 0.717) is 24.2 Å². The summed E-state index contributed by atoms with van der Waals surface area (Å²) in [4.78, 5) is 13.8. The van der Waals surface area contributed by atoms with Crippen LogP contribution in [0.4, 0.5) is 0 Å². The largest absolute Gasteiger partial charge is 0.342 e. The first kappa shape index (κ1) is 12.5. The van der Waals surface area contributed by atoms with Crippen LogP contribution in [0.25, 0.3) is 0 Å². The Morgan fingerprint density at radius 3 is 2.40 bits per heavy atom. The molecule has 3 unspecified atom stereocenters. The Morgan fingerprint density at radius 2 is 1.93 bits per heavy atom. The van der Waals surface area contributed by atoms with Gasteiger partial charge in [0.25, 0.3) is 0 Å². The van der Waals surface area contributed by atoms with Crippen molar-refractivity contribution < 1.29 is 4.79 Å². The Hall–Kier alpha value is -0.570. The summed E-state index contributed by atoms with van der Waals surface area (Å²) < 4.78 is 0. The van der Waals surface area contributed by atoms with Gasteiger partial charge in [-0.25, -0.2) is 0 Å². The van der Waals surface area contributed by atoms with Gasteiger partial charge in [-0.15, -0.1) is 0 Å². The molecule has 0 spiro atoms. The second-order valence-corrected chi connectivity index (χ2v) is 5.12. The summed E-state index contributed by atoms with van der Waals surface area (Å²) in [5, 5.41) is 0. The van der Waals surface area contributed by atoms with Crippen molar-refractivity contribution in [2.24, 2.45) is 17.6 Å². The standard InChI is InChI=1S/C12H24N2O/c1-9-7-14(8-10(9)2)12(15)6-4-5-11(3)13/h9-11H,4-8,13H2,1-3H3. The molecule has 1 heterocycles. The van der Waals surface area contributed by atoms with Crippen LogP contribution < -0.4 is 5.73 Å². The lowest BCUT2D eigenvalue weighted by Crippen LogP contribution is -2.29. The zero-order valence-electron chi connectivity index (χ0n) is 10.2. The minimum atomic E-state index is 0.217. The fraction of sp³-hybridized carbons (Fsp3) is 0.917. The van der Waals surface area contributed by atoms with E-state index in [1.807, 2.05) is 11.8 Å². The molecule has 0 bridgehead atoms. The Morgan fingerprint density at radius 1 is 1.40 bits per heavy atom. The van der Waals surface area contributed by atoms with Crippen LogP contribution in [-0.4, -0.2) is 29.9 Å². The smallest absolute Gasteiger partial charge is 0.222 e. The average Bonchev–Trinajstić information content (AvgIpc) is 2.46. The van der Waals surface area contributed by atoms with Crippen molar-refractivity contribution in [1.82, 2.24) is 4.90 Å². The fourth-order valence-corrected chi connectivity index (χ4v) is 2.07. The molecule has 1 saturated heterocycles. The molecule has 2 N–H and O–H groups in total. The van der Waals surface area contributed by atoms with E-state index in [9.17, 15) is 4.79 Å². The highest BCUT2D eigenvalue weighted by Gasteiger charge is 2.28. The lowest BCUT2D eigenvalue weighted by atomic mass is 10.0. The summed E-state index contributed by atoms with van der Waals surface area (Å²) in [7, 11) is 0.